The quantitative estimate of drug-likeness (QED) is 0.362. The van der Waals surface area contributed by atoms with Crippen LogP contribution in [0.4, 0.5) is 0 Å². The van der Waals surface area contributed by atoms with E-state index in [2.05, 4.69) is 33.9 Å². The minimum absolute atomic E-state index is 0.0278. The summed E-state index contributed by atoms with van der Waals surface area (Å²) in [4.78, 5) is 38.0. The summed E-state index contributed by atoms with van der Waals surface area (Å²) < 4.78 is 16.7. The van der Waals surface area contributed by atoms with Gasteiger partial charge in [0.2, 0.25) is 0 Å². The highest BCUT2D eigenvalue weighted by atomic mass is 28.4. The molecule has 2 rings (SSSR count). The molecule has 0 amide bonds. The van der Waals surface area contributed by atoms with Gasteiger partial charge in [-0.1, -0.05) is 26.3 Å². The summed E-state index contributed by atoms with van der Waals surface area (Å²) in [6, 6.07) is 0. The van der Waals surface area contributed by atoms with Gasteiger partial charge in [-0.15, -0.1) is 0 Å². The lowest BCUT2D eigenvalue weighted by molar-refractivity contribution is -0.172. The summed E-state index contributed by atoms with van der Waals surface area (Å²) in [7, 11) is -2.01. The van der Waals surface area contributed by atoms with Crippen LogP contribution in [0.2, 0.25) is 18.1 Å². The van der Waals surface area contributed by atoms with Crippen LogP contribution in [-0.2, 0) is 28.3 Å². The molecule has 0 bridgehead atoms. The van der Waals surface area contributed by atoms with Gasteiger partial charge in [-0.3, -0.25) is 14.4 Å². The fourth-order valence-electron chi connectivity index (χ4n) is 3.75. The Kier molecular flexibility index (Phi) is 6.60. The number of carbonyl (C=O) groups is 3. The van der Waals surface area contributed by atoms with E-state index >= 15 is 0 Å². The van der Waals surface area contributed by atoms with E-state index in [4.69, 9.17) is 13.9 Å². The molecule has 158 valence electrons. The molecule has 2 aliphatic rings. The van der Waals surface area contributed by atoms with Gasteiger partial charge in [0.1, 0.15) is 0 Å². The summed E-state index contributed by atoms with van der Waals surface area (Å²) in [6.07, 6.45) is 2.04. The molecule has 0 N–H and O–H groups in total. The molecular formula is C21H34O6Si. The van der Waals surface area contributed by atoms with Gasteiger partial charge < -0.3 is 13.9 Å². The van der Waals surface area contributed by atoms with E-state index in [0.29, 0.717) is 6.61 Å². The van der Waals surface area contributed by atoms with Gasteiger partial charge in [-0.25, -0.2) is 0 Å². The fourth-order valence-corrected chi connectivity index (χ4v) is 4.78. The number of allylic oxidation sites excluding steroid dienone is 2. The molecule has 1 fully saturated rings. The number of carbonyl (C=O) groups excluding carboxylic acids is 3. The van der Waals surface area contributed by atoms with Gasteiger partial charge in [-0.2, -0.15) is 0 Å². The molecule has 0 heterocycles. The number of ketones is 1. The molecule has 0 aliphatic heterocycles. The van der Waals surface area contributed by atoms with E-state index < -0.39 is 25.7 Å². The Morgan fingerprint density at radius 2 is 1.68 bits per heavy atom. The number of fused-ring (bicyclic) bond motifs is 1. The van der Waals surface area contributed by atoms with Crippen LogP contribution in [0.15, 0.2) is 11.6 Å². The van der Waals surface area contributed by atoms with Crippen LogP contribution >= 0.6 is 0 Å². The zero-order valence-electron chi connectivity index (χ0n) is 18.2. The monoisotopic (exact) mass is 410 g/mol. The van der Waals surface area contributed by atoms with Gasteiger partial charge in [0.15, 0.2) is 19.5 Å². The van der Waals surface area contributed by atoms with Crippen LogP contribution in [0.3, 0.4) is 0 Å². The molecular weight excluding hydrogens is 376 g/mol. The largest absolute Gasteiger partial charge is 0.465 e. The van der Waals surface area contributed by atoms with E-state index in [9.17, 15) is 14.4 Å². The average molecular weight is 411 g/mol. The van der Waals surface area contributed by atoms with Crippen molar-refractivity contribution in [3.05, 3.63) is 11.6 Å². The molecule has 0 radical (unpaired) electrons. The standard InChI is InChI=1S/C21H34O6Si/c1-8-25-18(23)21(19(24)26-9-2)11-14-10-17(22)16(15(14)12-21)13-27-28(6,7)20(3,4)5/h10,15-16H,8-9,11-13H2,1-7H3. The van der Waals surface area contributed by atoms with Crippen LogP contribution in [0.5, 0.6) is 0 Å². The third kappa shape index (κ3) is 4.10. The van der Waals surface area contributed by atoms with Gasteiger partial charge in [0, 0.05) is 6.61 Å². The van der Waals surface area contributed by atoms with Crippen LogP contribution in [0.1, 0.15) is 47.5 Å². The van der Waals surface area contributed by atoms with Crippen molar-refractivity contribution in [1.82, 2.24) is 0 Å². The molecule has 0 aromatic rings. The second-order valence-electron chi connectivity index (χ2n) is 9.31. The zero-order chi connectivity index (χ0) is 21.3. The maximum Gasteiger partial charge on any atom is 0.323 e. The topological polar surface area (TPSA) is 78.9 Å². The van der Waals surface area contributed by atoms with Crippen molar-refractivity contribution in [2.45, 2.75) is 65.6 Å². The van der Waals surface area contributed by atoms with E-state index in [1.54, 1.807) is 19.9 Å². The van der Waals surface area contributed by atoms with Crippen LogP contribution < -0.4 is 0 Å². The third-order valence-corrected chi connectivity index (χ3v) is 11.0. The van der Waals surface area contributed by atoms with E-state index in [0.717, 1.165) is 5.57 Å². The van der Waals surface area contributed by atoms with Crippen molar-refractivity contribution >= 4 is 26.0 Å². The van der Waals surface area contributed by atoms with Gasteiger partial charge in [0.05, 0.1) is 19.1 Å². The summed E-state index contributed by atoms with van der Waals surface area (Å²) >= 11 is 0. The number of hydrogen-bond donors (Lipinski definition) is 0. The first-order chi connectivity index (χ1) is 12.9. The van der Waals surface area contributed by atoms with Crippen molar-refractivity contribution in [2.24, 2.45) is 17.3 Å². The minimum atomic E-state index is -2.01. The van der Waals surface area contributed by atoms with Crippen LogP contribution in [0, 0.1) is 17.3 Å². The van der Waals surface area contributed by atoms with Crippen LogP contribution in [0.25, 0.3) is 0 Å². The first-order valence-electron chi connectivity index (χ1n) is 10.1. The second-order valence-corrected chi connectivity index (χ2v) is 14.1. The van der Waals surface area contributed by atoms with E-state index in [-0.39, 0.29) is 48.7 Å². The van der Waals surface area contributed by atoms with Crippen molar-refractivity contribution < 1.29 is 28.3 Å². The number of rotatable bonds is 7. The Labute approximate surface area is 169 Å². The van der Waals surface area contributed by atoms with Crippen LogP contribution in [-0.4, -0.2) is 45.9 Å². The fraction of sp³-hybridized carbons (Fsp3) is 0.762. The predicted octanol–water partition coefficient (Wildman–Crippen LogP) is 3.66. The maximum atomic E-state index is 12.7. The molecule has 2 atom stereocenters. The van der Waals surface area contributed by atoms with Crippen molar-refractivity contribution in [1.29, 1.82) is 0 Å². The van der Waals surface area contributed by atoms with Gasteiger partial charge in [-0.05, 0) is 56.8 Å². The number of hydrogen-bond acceptors (Lipinski definition) is 6. The summed E-state index contributed by atoms with van der Waals surface area (Å²) in [5.74, 6) is -1.61. The molecule has 6 nitrogen and oxygen atoms in total. The Morgan fingerprint density at radius 1 is 1.14 bits per heavy atom. The molecule has 0 saturated heterocycles. The van der Waals surface area contributed by atoms with Crippen molar-refractivity contribution in [2.75, 3.05) is 19.8 Å². The molecule has 0 aromatic heterocycles. The van der Waals surface area contributed by atoms with Crippen molar-refractivity contribution in [3.8, 4) is 0 Å². The Hall–Kier alpha value is -1.47. The lowest BCUT2D eigenvalue weighted by Crippen LogP contribution is -2.43. The average Bonchev–Trinajstić information content (AvgIpc) is 3.07. The third-order valence-electron chi connectivity index (χ3n) is 6.49. The molecule has 7 heteroatoms. The minimum Gasteiger partial charge on any atom is -0.465 e. The van der Waals surface area contributed by atoms with Gasteiger partial charge in [0.25, 0.3) is 0 Å². The predicted molar refractivity (Wildman–Crippen MR) is 108 cm³/mol. The smallest absolute Gasteiger partial charge is 0.323 e. The molecule has 0 spiro atoms. The Morgan fingerprint density at radius 3 is 2.14 bits per heavy atom. The Bertz CT molecular complexity index is 655. The highest BCUT2D eigenvalue weighted by Crippen LogP contribution is 2.53. The molecule has 0 aromatic carbocycles. The molecule has 28 heavy (non-hydrogen) atoms. The summed E-state index contributed by atoms with van der Waals surface area (Å²) in [5.41, 5.74) is -0.506. The maximum absolute atomic E-state index is 12.7. The van der Waals surface area contributed by atoms with E-state index in [1.165, 1.54) is 0 Å². The Balaban J connectivity index is 2.23. The molecule has 2 aliphatic carbocycles. The lowest BCUT2D eigenvalue weighted by Gasteiger charge is -2.37. The summed E-state index contributed by atoms with van der Waals surface area (Å²) in [6.45, 7) is 14.9. The summed E-state index contributed by atoms with van der Waals surface area (Å²) in [5, 5.41) is 0.0419. The highest BCUT2D eigenvalue weighted by Gasteiger charge is 2.59. The molecule has 2 unspecified atom stereocenters. The lowest BCUT2D eigenvalue weighted by atomic mass is 9.82. The van der Waals surface area contributed by atoms with Gasteiger partial charge >= 0.3 is 11.9 Å². The first kappa shape index (κ1) is 22.8. The second kappa shape index (κ2) is 8.11. The number of esters is 2. The number of ether oxygens (including phenoxy) is 2. The SMILES string of the molecule is CCOC(=O)C1(C(=O)OCC)CC2=CC(=O)C(CO[Si](C)(C)C(C)(C)C)C2C1. The van der Waals surface area contributed by atoms with Crippen molar-refractivity contribution in [3.63, 3.8) is 0 Å². The molecule has 1 saturated carbocycles. The van der Waals surface area contributed by atoms with E-state index in [1.807, 2.05) is 0 Å². The normalized spacial score (nSPS) is 24.0. The highest BCUT2D eigenvalue weighted by molar-refractivity contribution is 6.74. The first-order valence-corrected chi connectivity index (χ1v) is 13.0. The zero-order valence-corrected chi connectivity index (χ0v) is 19.2.